The molecule has 2 atom stereocenters. The lowest BCUT2D eigenvalue weighted by molar-refractivity contribution is 0.174. The van der Waals surface area contributed by atoms with Gasteiger partial charge in [-0.25, -0.2) is 0 Å². The SMILES string of the molecule is N#CCC1(CN2CC3CCC2C3)CC1. The van der Waals surface area contributed by atoms with Crippen LogP contribution in [0.4, 0.5) is 0 Å². The van der Waals surface area contributed by atoms with Gasteiger partial charge in [0.05, 0.1) is 6.07 Å². The molecule has 2 heteroatoms. The Labute approximate surface area is 85.9 Å². The third-order valence-corrected chi connectivity index (χ3v) is 4.47. The Morgan fingerprint density at radius 1 is 1.36 bits per heavy atom. The third kappa shape index (κ3) is 1.35. The predicted octanol–water partition coefficient (Wildman–Crippen LogP) is 2.16. The second-order valence-corrected chi connectivity index (χ2v) is 5.60. The van der Waals surface area contributed by atoms with Crippen LogP contribution >= 0.6 is 0 Å². The Bertz CT molecular complexity index is 275. The molecule has 1 saturated heterocycles. The van der Waals surface area contributed by atoms with Crippen molar-refractivity contribution in [2.75, 3.05) is 13.1 Å². The molecule has 0 aromatic carbocycles. The van der Waals surface area contributed by atoms with E-state index in [2.05, 4.69) is 11.0 Å². The van der Waals surface area contributed by atoms with Crippen molar-refractivity contribution in [3.05, 3.63) is 0 Å². The van der Waals surface area contributed by atoms with Crippen LogP contribution < -0.4 is 0 Å². The zero-order valence-electron chi connectivity index (χ0n) is 8.71. The van der Waals surface area contributed by atoms with Gasteiger partial charge in [0, 0.05) is 25.6 Å². The summed E-state index contributed by atoms with van der Waals surface area (Å²) in [6.07, 6.45) is 7.73. The molecule has 0 N–H and O–H groups in total. The lowest BCUT2D eigenvalue weighted by Gasteiger charge is -2.30. The minimum Gasteiger partial charge on any atom is -0.300 e. The standard InChI is InChI=1S/C12H18N2/c13-6-5-12(3-4-12)9-14-8-10-1-2-11(14)7-10/h10-11H,1-5,7-9H2. The summed E-state index contributed by atoms with van der Waals surface area (Å²) in [5, 5.41) is 8.78. The van der Waals surface area contributed by atoms with E-state index in [9.17, 15) is 0 Å². The topological polar surface area (TPSA) is 27.0 Å². The van der Waals surface area contributed by atoms with Crippen molar-refractivity contribution in [3.63, 3.8) is 0 Å². The summed E-state index contributed by atoms with van der Waals surface area (Å²) in [5.74, 6) is 0.998. The van der Waals surface area contributed by atoms with Crippen molar-refractivity contribution in [2.24, 2.45) is 11.3 Å². The van der Waals surface area contributed by atoms with Gasteiger partial charge in [0.1, 0.15) is 0 Å². The molecule has 3 aliphatic rings. The van der Waals surface area contributed by atoms with E-state index in [1.54, 1.807) is 0 Å². The van der Waals surface area contributed by atoms with Crippen LogP contribution in [0.25, 0.3) is 0 Å². The molecule has 2 aliphatic carbocycles. The molecule has 0 aromatic heterocycles. The second-order valence-electron chi connectivity index (χ2n) is 5.60. The molecule has 2 saturated carbocycles. The molecule has 0 aromatic rings. The maximum atomic E-state index is 8.78. The summed E-state index contributed by atoms with van der Waals surface area (Å²) in [7, 11) is 0. The summed E-state index contributed by atoms with van der Waals surface area (Å²) in [5.41, 5.74) is 0.430. The quantitative estimate of drug-likeness (QED) is 0.682. The number of rotatable bonds is 3. The molecule has 0 spiro atoms. The fourth-order valence-corrected chi connectivity index (χ4v) is 3.39. The minimum absolute atomic E-state index is 0.430. The highest BCUT2D eigenvalue weighted by Gasteiger charge is 2.47. The van der Waals surface area contributed by atoms with Gasteiger partial charge in [0.2, 0.25) is 0 Å². The molecule has 14 heavy (non-hydrogen) atoms. The Balaban J connectivity index is 1.61. The smallest absolute Gasteiger partial charge is 0.0628 e. The van der Waals surface area contributed by atoms with E-state index in [1.165, 1.54) is 45.2 Å². The van der Waals surface area contributed by atoms with E-state index in [-0.39, 0.29) is 0 Å². The molecule has 2 unspecified atom stereocenters. The van der Waals surface area contributed by atoms with Gasteiger partial charge in [0.15, 0.2) is 0 Å². The van der Waals surface area contributed by atoms with Crippen LogP contribution in [-0.4, -0.2) is 24.0 Å². The van der Waals surface area contributed by atoms with Gasteiger partial charge in [-0.2, -0.15) is 5.26 Å². The normalized spacial score (nSPS) is 38.5. The van der Waals surface area contributed by atoms with E-state index in [1.807, 2.05) is 0 Å². The number of hydrogen-bond donors (Lipinski definition) is 0. The van der Waals surface area contributed by atoms with Crippen molar-refractivity contribution in [1.29, 1.82) is 5.26 Å². The summed E-state index contributed by atoms with van der Waals surface area (Å²) in [4.78, 5) is 2.68. The van der Waals surface area contributed by atoms with Gasteiger partial charge in [-0.05, 0) is 43.4 Å². The summed E-state index contributed by atoms with van der Waals surface area (Å²) in [6.45, 7) is 2.56. The van der Waals surface area contributed by atoms with Crippen LogP contribution in [0.15, 0.2) is 0 Å². The van der Waals surface area contributed by atoms with Crippen molar-refractivity contribution in [3.8, 4) is 6.07 Å². The molecular formula is C12H18N2. The van der Waals surface area contributed by atoms with Gasteiger partial charge >= 0.3 is 0 Å². The summed E-state index contributed by atoms with van der Waals surface area (Å²) >= 11 is 0. The second kappa shape index (κ2) is 2.97. The Morgan fingerprint density at radius 2 is 2.21 bits per heavy atom. The molecule has 3 rings (SSSR count). The predicted molar refractivity (Wildman–Crippen MR) is 54.6 cm³/mol. The van der Waals surface area contributed by atoms with Crippen LogP contribution in [0, 0.1) is 22.7 Å². The maximum absolute atomic E-state index is 8.78. The molecule has 3 fully saturated rings. The number of piperidine rings is 1. The van der Waals surface area contributed by atoms with E-state index in [0.717, 1.165) is 18.4 Å². The van der Waals surface area contributed by atoms with E-state index < -0.39 is 0 Å². The monoisotopic (exact) mass is 190 g/mol. The highest BCUT2D eigenvalue weighted by atomic mass is 15.2. The van der Waals surface area contributed by atoms with Gasteiger partial charge < -0.3 is 0 Å². The molecular weight excluding hydrogens is 172 g/mol. The van der Waals surface area contributed by atoms with Crippen molar-refractivity contribution >= 4 is 0 Å². The van der Waals surface area contributed by atoms with E-state index >= 15 is 0 Å². The number of likely N-dealkylation sites (tertiary alicyclic amines) is 1. The molecule has 2 bridgehead atoms. The molecule has 0 radical (unpaired) electrons. The molecule has 1 heterocycles. The molecule has 2 nitrogen and oxygen atoms in total. The Morgan fingerprint density at radius 3 is 2.71 bits per heavy atom. The lowest BCUT2D eigenvalue weighted by Crippen LogP contribution is -2.36. The van der Waals surface area contributed by atoms with Crippen LogP contribution in [0.1, 0.15) is 38.5 Å². The van der Waals surface area contributed by atoms with Crippen molar-refractivity contribution in [1.82, 2.24) is 4.90 Å². The van der Waals surface area contributed by atoms with Gasteiger partial charge in [-0.1, -0.05) is 0 Å². The first-order valence-electron chi connectivity index (χ1n) is 5.92. The minimum atomic E-state index is 0.430. The largest absolute Gasteiger partial charge is 0.300 e. The fraction of sp³-hybridized carbons (Fsp3) is 0.917. The first-order chi connectivity index (χ1) is 6.81. The highest BCUT2D eigenvalue weighted by Crippen LogP contribution is 2.51. The zero-order chi connectivity index (χ0) is 9.60. The first-order valence-corrected chi connectivity index (χ1v) is 5.92. The number of nitriles is 1. The zero-order valence-corrected chi connectivity index (χ0v) is 8.71. The molecule has 1 aliphatic heterocycles. The molecule has 76 valence electrons. The summed E-state index contributed by atoms with van der Waals surface area (Å²) in [6, 6.07) is 3.25. The number of fused-ring (bicyclic) bond motifs is 2. The maximum Gasteiger partial charge on any atom is 0.0628 e. The van der Waals surface area contributed by atoms with E-state index in [4.69, 9.17) is 5.26 Å². The van der Waals surface area contributed by atoms with Gasteiger partial charge in [0.25, 0.3) is 0 Å². The van der Waals surface area contributed by atoms with E-state index in [0.29, 0.717) is 5.41 Å². The highest BCUT2D eigenvalue weighted by molar-refractivity contribution is 5.04. The van der Waals surface area contributed by atoms with Gasteiger partial charge in [-0.3, -0.25) is 4.90 Å². The van der Waals surface area contributed by atoms with Gasteiger partial charge in [-0.15, -0.1) is 0 Å². The van der Waals surface area contributed by atoms with Crippen LogP contribution in [0.5, 0.6) is 0 Å². The fourth-order valence-electron chi connectivity index (χ4n) is 3.39. The average Bonchev–Trinajstić information content (AvgIpc) is 2.63. The lowest BCUT2D eigenvalue weighted by atomic mass is 10.0. The third-order valence-electron chi connectivity index (χ3n) is 4.47. The average molecular weight is 190 g/mol. The Kier molecular flexibility index (Phi) is 1.85. The van der Waals surface area contributed by atoms with Crippen molar-refractivity contribution < 1.29 is 0 Å². The summed E-state index contributed by atoms with van der Waals surface area (Å²) < 4.78 is 0. The Hall–Kier alpha value is -0.550. The first kappa shape index (κ1) is 8.73. The number of nitrogens with zero attached hydrogens (tertiary/aromatic N) is 2. The molecule has 0 amide bonds. The van der Waals surface area contributed by atoms with Crippen LogP contribution in [0.3, 0.4) is 0 Å². The number of hydrogen-bond acceptors (Lipinski definition) is 2. The van der Waals surface area contributed by atoms with Crippen molar-refractivity contribution in [2.45, 2.75) is 44.6 Å². The van der Waals surface area contributed by atoms with Crippen LogP contribution in [-0.2, 0) is 0 Å². The van der Waals surface area contributed by atoms with Crippen LogP contribution in [0.2, 0.25) is 0 Å².